The molecule has 1 aliphatic rings. The first kappa shape index (κ1) is 24.2. The summed E-state index contributed by atoms with van der Waals surface area (Å²) >= 11 is 0. The van der Waals surface area contributed by atoms with E-state index in [-0.39, 0.29) is 12.6 Å². The highest BCUT2D eigenvalue weighted by Crippen LogP contribution is 2.25. The van der Waals surface area contributed by atoms with E-state index in [4.69, 9.17) is 9.47 Å². The van der Waals surface area contributed by atoms with Gasteiger partial charge >= 0.3 is 5.97 Å². The fourth-order valence-corrected chi connectivity index (χ4v) is 3.63. The van der Waals surface area contributed by atoms with Crippen LogP contribution in [-0.4, -0.2) is 71.2 Å². The Morgan fingerprint density at radius 2 is 1.94 bits per heavy atom. The van der Waals surface area contributed by atoms with E-state index in [1.807, 2.05) is 37.3 Å². The molecule has 1 saturated heterocycles. The molecule has 1 amide bonds. The Morgan fingerprint density at radius 3 is 2.74 bits per heavy atom. The number of nitrogens with one attached hydrogen (secondary N) is 2. The average Bonchev–Trinajstić information content (AvgIpc) is 2.89. The van der Waals surface area contributed by atoms with Gasteiger partial charge in [-0.1, -0.05) is 30.3 Å². The average molecular weight is 477 g/mol. The number of esters is 1. The third kappa shape index (κ3) is 7.05. The molecule has 0 saturated carbocycles. The number of benzene rings is 1. The summed E-state index contributed by atoms with van der Waals surface area (Å²) in [5.41, 5.74) is 1.75. The van der Waals surface area contributed by atoms with Gasteiger partial charge in [-0.25, -0.2) is 19.7 Å². The van der Waals surface area contributed by atoms with E-state index in [9.17, 15) is 9.59 Å². The Hall–Kier alpha value is -3.89. The van der Waals surface area contributed by atoms with Crippen molar-refractivity contribution in [2.75, 3.05) is 50.1 Å². The summed E-state index contributed by atoms with van der Waals surface area (Å²) in [6.07, 6.45) is 5.26. The second kappa shape index (κ2) is 12.0. The molecule has 1 aliphatic heterocycles. The number of carbonyl (C=O) groups excluding carboxylic acids is 2. The molecule has 2 N–H and O–H groups in total. The van der Waals surface area contributed by atoms with Crippen molar-refractivity contribution in [1.82, 2.24) is 19.9 Å². The number of rotatable bonds is 9. The molecule has 0 spiro atoms. The predicted octanol–water partition coefficient (Wildman–Crippen LogP) is 2.57. The molecule has 0 aliphatic carbocycles. The largest absolute Gasteiger partial charge is 0.461 e. The molecule has 1 fully saturated rings. The van der Waals surface area contributed by atoms with Crippen LogP contribution in [0, 0.1) is 0 Å². The smallest absolute Gasteiger partial charge is 0.330 e. The summed E-state index contributed by atoms with van der Waals surface area (Å²) in [6.45, 7) is 5.95. The number of carbonyl (C=O) groups is 2. The normalized spacial score (nSPS) is 15.1. The minimum atomic E-state index is -0.574. The minimum Gasteiger partial charge on any atom is -0.461 e. The summed E-state index contributed by atoms with van der Waals surface area (Å²) in [7, 11) is 0. The maximum atomic E-state index is 12.3. The zero-order valence-electron chi connectivity index (χ0n) is 19.5. The summed E-state index contributed by atoms with van der Waals surface area (Å²) in [5.74, 6) is -0.123. The molecule has 0 radical (unpaired) electrons. The third-order valence-electron chi connectivity index (χ3n) is 5.55. The highest BCUT2D eigenvalue weighted by atomic mass is 16.5. The van der Waals surface area contributed by atoms with E-state index in [2.05, 4.69) is 30.5 Å². The van der Waals surface area contributed by atoms with Gasteiger partial charge in [0.1, 0.15) is 24.6 Å². The van der Waals surface area contributed by atoms with Gasteiger partial charge in [0.05, 0.1) is 24.9 Å². The van der Waals surface area contributed by atoms with Crippen LogP contribution in [0.15, 0.2) is 61.1 Å². The lowest BCUT2D eigenvalue weighted by atomic mass is 10.1. The Morgan fingerprint density at radius 1 is 1.14 bits per heavy atom. The van der Waals surface area contributed by atoms with Crippen LogP contribution in [0.1, 0.15) is 18.5 Å². The Bertz CT molecular complexity index is 1180. The van der Waals surface area contributed by atoms with E-state index < -0.39 is 11.9 Å². The number of amides is 1. The first-order valence-corrected chi connectivity index (χ1v) is 11.5. The molecule has 182 valence electrons. The van der Waals surface area contributed by atoms with Crippen LogP contribution in [0.25, 0.3) is 10.9 Å². The second-order valence-corrected chi connectivity index (χ2v) is 8.03. The molecule has 3 aromatic rings. The van der Waals surface area contributed by atoms with Crippen molar-refractivity contribution in [1.29, 1.82) is 0 Å². The minimum absolute atomic E-state index is 0.0118. The number of aromatic nitrogens is 3. The van der Waals surface area contributed by atoms with Crippen molar-refractivity contribution in [3.05, 3.63) is 66.6 Å². The van der Waals surface area contributed by atoms with Gasteiger partial charge in [-0.15, -0.1) is 0 Å². The number of nitrogens with zero attached hydrogens (tertiary/aromatic N) is 4. The van der Waals surface area contributed by atoms with Crippen LogP contribution < -0.4 is 10.6 Å². The van der Waals surface area contributed by atoms with Gasteiger partial charge in [-0.3, -0.25) is 9.69 Å². The monoisotopic (exact) mass is 476 g/mol. The van der Waals surface area contributed by atoms with Crippen LogP contribution >= 0.6 is 0 Å². The molecule has 10 heteroatoms. The Kier molecular flexibility index (Phi) is 8.31. The van der Waals surface area contributed by atoms with Gasteiger partial charge in [0.25, 0.3) is 0 Å². The van der Waals surface area contributed by atoms with E-state index in [0.717, 1.165) is 30.8 Å². The van der Waals surface area contributed by atoms with Gasteiger partial charge in [-0.05, 0) is 18.6 Å². The Balaban J connectivity index is 1.34. The molecule has 2 aromatic heterocycles. The van der Waals surface area contributed by atoms with Crippen molar-refractivity contribution in [3.63, 3.8) is 0 Å². The van der Waals surface area contributed by atoms with Crippen molar-refractivity contribution < 1.29 is 19.1 Å². The van der Waals surface area contributed by atoms with E-state index in [1.165, 1.54) is 6.33 Å². The topological polar surface area (TPSA) is 119 Å². The maximum Gasteiger partial charge on any atom is 0.330 e. The first-order chi connectivity index (χ1) is 17.1. The highest BCUT2D eigenvalue weighted by molar-refractivity contribution is 6.03. The zero-order chi connectivity index (χ0) is 24.5. The molecule has 1 unspecified atom stereocenters. The van der Waals surface area contributed by atoms with Crippen molar-refractivity contribution >= 4 is 34.4 Å². The third-order valence-corrected chi connectivity index (χ3v) is 5.55. The van der Waals surface area contributed by atoms with Crippen molar-refractivity contribution in [2.24, 2.45) is 0 Å². The van der Waals surface area contributed by atoms with Crippen molar-refractivity contribution in [2.45, 2.75) is 13.0 Å². The summed E-state index contributed by atoms with van der Waals surface area (Å²) < 4.78 is 10.4. The van der Waals surface area contributed by atoms with Gasteiger partial charge < -0.3 is 20.1 Å². The maximum absolute atomic E-state index is 12.3. The predicted molar refractivity (Wildman–Crippen MR) is 132 cm³/mol. The molecule has 4 rings (SSSR count). The number of hydrogen-bond donors (Lipinski definition) is 2. The lowest BCUT2D eigenvalue weighted by Gasteiger charge is -2.25. The van der Waals surface area contributed by atoms with Crippen LogP contribution in [0.5, 0.6) is 0 Å². The summed E-state index contributed by atoms with van der Waals surface area (Å²) in [6, 6.07) is 11.7. The molecule has 1 aromatic carbocycles. The molecular weight excluding hydrogens is 448 g/mol. The molecule has 1 atom stereocenters. The SMILES string of the molecule is CC(Nc1ncnc2cnc(NC(=O)C=CC(=O)OCCN3CCOCC3)cc12)c1ccccc1. The number of hydrogen-bond acceptors (Lipinski definition) is 9. The Labute approximate surface area is 203 Å². The fraction of sp³-hybridized carbons (Fsp3) is 0.320. The van der Waals surface area contributed by atoms with Gasteiger partial charge in [0.2, 0.25) is 5.91 Å². The van der Waals surface area contributed by atoms with E-state index in [1.54, 1.807) is 12.3 Å². The first-order valence-electron chi connectivity index (χ1n) is 11.5. The van der Waals surface area contributed by atoms with Gasteiger partial charge in [0.15, 0.2) is 0 Å². The molecule has 3 heterocycles. The van der Waals surface area contributed by atoms with E-state index in [0.29, 0.717) is 42.3 Å². The quantitative estimate of drug-likeness (QED) is 0.355. The van der Waals surface area contributed by atoms with E-state index >= 15 is 0 Å². The highest BCUT2D eigenvalue weighted by Gasteiger charge is 2.12. The number of pyridine rings is 1. The van der Waals surface area contributed by atoms with Crippen LogP contribution in [-0.2, 0) is 19.1 Å². The lowest BCUT2D eigenvalue weighted by Crippen LogP contribution is -2.38. The number of morpholine rings is 1. The summed E-state index contributed by atoms with van der Waals surface area (Å²) in [5, 5.41) is 6.76. The van der Waals surface area contributed by atoms with Gasteiger partial charge in [-0.2, -0.15) is 0 Å². The zero-order valence-corrected chi connectivity index (χ0v) is 19.5. The standard InChI is InChI=1S/C25H28N6O4/c1-18(19-5-3-2-4-6-19)29-25-20-15-22(26-16-21(20)27-17-28-25)30-23(32)7-8-24(33)35-14-11-31-9-12-34-13-10-31/h2-8,15-18H,9-14H2,1H3,(H,26,30,32)(H,27,28,29). The number of ether oxygens (including phenoxy) is 2. The molecule has 10 nitrogen and oxygen atoms in total. The fourth-order valence-electron chi connectivity index (χ4n) is 3.63. The molecule has 35 heavy (non-hydrogen) atoms. The van der Waals surface area contributed by atoms with Crippen molar-refractivity contribution in [3.8, 4) is 0 Å². The number of anilines is 2. The van der Waals surface area contributed by atoms with Crippen LogP contribution in [0.4, 0.5) is 11.6 Å². The second-order valence-electron chi connectivity index (χ2n) is 8.03. The number of fused-ring (bicyclic) bond motifs is 1. The van der Waals surface area contributed by atoms with Gasteiger partial charge in [0, 0.05) is 43.2 Å². The summed E-state index contributed by atoms with van der Waals surface area (Å²) in [4.78, 5) is 39.2. The lowest BCUT2D eigenvalue weighted by molar-refractivity contribution is -0.138. The molecular formula is C25H28N6O4. The van der Waals surface area contributed by atoms with Crippen LogP contribution in [0.2, 0.25) is 0 Å². The molecule has 0 bridgehead atoms. The van der Waals surface area contributed by atoms with Crippen LogP contribution in [0.3, 0.4) is 0 Å².